The zero-order valence-corrected chi connectivity index (χ0v) is 10.7. The van der Waals surface area contributed by atoms with Gasteiger partial charge in [0.2, 0.25) is 5.91 Å². The van der Waals surface area contributed by atoms with Gasteiger partial charge in [-0.05, 0) is 19.4 Å². The van der Waals surface area contributed by atoms with Crippen LogP contribution in [0.3, 0.4) is 0 Å². The van der Waals surface area contributed by atoms with Gasteiger partial charge < -0.3 is 20.7 Å². The van der Waals surface area contributed by atoms with E-state index in [0.717, 1.165) is 12.8 Å². The molecule has 0 aliphatic carbocycles. The smallest absolute Gasteiger partial charge is 0.223 e. The van der Waals surface area contributed by atoms with E-state index < -0.39 is 0 Å². The number of carbonyl (C=O) groups is 1. The molecule has 0 saturated heterocycles. The van der Waals surface area contributed by atoms with Crippen LogP contribution in [0.2, 0.25) is 0 Å². The SMILES string of the molecule is COCC(CCCN)NCCC(=O)N(C)C. The highest BCUT2D eigenvalue weighted by Crippen LogP contribution is 1.97. The molecule has 0 aromatic rings. The Morgan fingerprint density at radius 3 is 2.69 bits per heavy atom. The van der Waals surface area contributed by atoms with E-state index in [1.807, 2.05) is 0 Å². The van der Waals surface area contributed by atoms with Gasteiger partial charge in [0, 0.05) is 40.2 Å². The van der Waals surface area contributed by atoms with Crippen LogP contribution in [-0.2, 0) is 9.53 Å². The van der Waals surface area contributed by atoms with Crippen molar-refractivity contribution in [1.29, 1.82) is 0 Å². The van der Waals surface area contributed by atoms with Crippen molar-refractivity contribution in [1.82, 2.24) is 10.2 Å². The molecule has 1 unspecified atom stereocenters. The molecule has 0 aromatic heterocycles. The van der Waals surface area contributed by atoms with Gasteiger partial charge in [-0.2, -0.15) is 0 Å². The van der Waals surface area contributed by atoms with Gasteiger partial charge in [-0.25, -0.2) is 0 Å². The molecule has 5 heteroatoms. The summed E-state index contributed by atoms with van der Waals surface area (Å²) in [4.78, 5) is 12.9. The second-order valence-corrected chi connectivity index (χ2v) is 4.08. The minimum atomic E-state index is 0.141. The largest absolute Gasteiger partial charge is 0.383 e. The first-order valence-electron chi connectivity index (χ1n) is 5.74. The normalized spacial score (nSPS) is 12.5. The molecule has 0 aromatic carbocycles. The summed E-state index contributed by atoms with van der Waals surface area (Å²) in [5.41, 5.74) is 5.46. The van der Waals surface area contributed by atoms with Crippen LogP contribution in [0.5, 0.6) is 0 Å². The van der Waals surface area contributed by atoms with Crippen molar-refractivity contribution in [2.24, 2.45) is 5.73 Å². The standard InChI is InChI=1S/C11H25N3O2/c1-14(2)11(15)6-8-13-10(9-16-3)5-4-7-12/h10,13H,4-9,12H2,1-3H3. The third-order valence-corrected chi connectivity index (χ3v) is 2.40. The van der Waals surface area contributed by atoms with Crippen LogP contribution in [0.15, 0.2) is 0 Å². The van der Waals surface area contributed by atoms with E-state index in [0.29, 0.717) is 32.2 Å². The van der Waals surface area contributed by atoms with Crippen molar-refractivity contribution in [2.75, 3.05) is 40.9 Å². The van der Waals surface area contributed by atoms with Gasteiger partial charge in [0.05, 0.1) is 6.61 Å². The zero-order valence-electron chi connectivity index (χ0n) is 10.7. The Morgan fingerprint density at radius 2 is 2.19 bits per heavy atom. The van der Waals surface area contributed by atoms with E-state index in [2.05, 4.69) is 5.32 Å². The lowest BCUT2D eigenvalue weighted by molar-refractivity contribution is -0.128. The van der Waals surface area contributed by atoms with Crippen LogP contribution in [0.1, 0.15) is 19.3 Å². The van der Waals surface area contributed by atoms with Crippen molar-refractivity contribution in [3.8, 4) is 0 Å². The quantitative estimate of drug-likeness (QED) is 0.577. The fourth-order valence-corrected chi connectivity index (χ4v) is 1.42. The molecular formula is C11H25N3O2. The number of ether oxygens (including phenoxy) is 1. The van der Waals surface area contributed by atoms with Gasteiger partial charge in [0.25, 0.3) is 0 Å². The first kappa shape index (κ1) is 15.3. The monoisotopic (exact) mass is 231 g/mol. The van der Waals surface area contributed by atoms with Crippen LogP contribution in [0, 0.1) is 0 Å². The Labute approximate surface area is 98.3 Å². The molecule has 0 radical (unpaired) electrons. The lowest BCUT2D eigenvalue weighted by Gasteiger charge is -2.18. The average molecular weight is 231 g/mol. The van der Waals surface area contributed by atoms with Crippen molar-refractivity contribution in [2.45, 2.75) is 25.3 Å². The first-order chi connectivity index (χ1) is 7.61. The molecule has 0 bridgehead atoms. The molecule has 0 aliphatic heterocycles. The lowest BCUT2D eigenvalue weighted by Crippen LogP contribution is -2.36. The Kier molecular flexibility index (Phi) is 9.18. The fraction of sp³-hybridized carbons (Fsp3) is 0.909. The predicted octanol–water partition coefficient (Wildman–Crippen LogP) is -0.192. The molecule has 3 N–H and O–H groups in total. The topological polar surface area (TPSA) is 67.6 Å². The molecule has 1 amide bonds. The highest BCUT2D eigenvalue weighted by Gasteiger charge is 2.09. The number of methoxy groups -OCH3 is 1. The molecule has 0 fully saturated rings. The summed E-state index contributed by atoms with van der Waals surface area (Å²) in [5.74, 6) is 0.141. The van der Waals surface area contributed by atoms with Gasteiger partial charge in [-0.1, -0.05) is 0 Å². The van der Waals surface area contributed by atoms with Gasteiger partial charge in [0.1, 0.15) is 0 Å². The molecule has 16 heavy (non-hydrogen) atoms. The summed E-state index contributed by atoms with van der Waals surface area (Å²) in [7, 11) is 5.22. The van der Waals surface area contributed by atoms with Crippen molar-refractivity contribution in [3.05, 3.63) is 0 Å². The van der Waals surface area contributed by atoms with E-state index in [9.17, 15) is 4.79 Å². The minimum Gasteiger partial charge on any atom is -0.383 e. The van der Waals surface area contributed by atoms with Crippen molar-refractivity contribution >= 4 is 5.91 Å². The number of rotatable bonds is 9. The zero-order chi connectivity index (χ0) is 12.4. The summed E-state index contributed by atoms with van der Waals surface area (Å²) in [6, 6.07) is 0.295. The minimum absolute atomic E-state index is 0.141. The number of amides is 1. The van der Waals surface area contributed by atoms with E-state index >= 15 is 0 Å². The average Bonchev–Trinajstić information content (AvgIpc) is 2.25. The van der Waals surface area contributed by atoms with Crippen LogP contribution in [0.25, 0.3) is 0 Å². The molecule has 0 aliphatic rings. The van der Waals surface area contributed by atoms with E-state index in [-0.39, 0.29) is 5.91 Å². The van der Waals surface area contributed by atoms with Crippen LogP contribution < -0.4 is 11.1 Å². The molecule has 0 spiro atoms. The highest BCUT2D eigenvalue weighted by atomic mass is 16.5. The summed E-state index contributed by atoms with van der Waals surface area (Å²) < 4.78 is 5.11. The maximum absolute atomic E-state index is 11.3. The summed E-state index contributed by atoms with van der Waals surface area (Å²) >= 11 is 0. The summed E-state index contributed by atoms with van der Waals surface area (Å²) in [6.07, 6.45) is 2.49. The van der Waals surface area contributed by atoms with Gasteiger partial charge in [-0.3, -0.25) is 4.79 Å². The van der Waals surface area contributed by atoms with Gasteiger partial charge in [-0.15, -0.1) is 0 Å². The molecule has 5 nitrogen and oxygen atoms in total. The predicted molar refractivity (Wildman–Crippen MR) is 65.3 cm³/mol. The Balaban J connectivity index is 3.70. The number of nitrogens with two attached hydrogens (primary N) is 1. The number of nitrogens with zero attached hydrogens (tertiary/aromatic N) is 1. The lowest BCUT2D eigenvalue weighted by atomic mass is 10.1. The van der Waals surface area contributed by atoms with Gasteiger partial charge in [0.15, 0.2) is 0 Å². The number of hydrogen-bond donors (Lipinski definition) is 2. The molecular weight excluding hydrogens is 206 g/mol. The molecule has 0 rings (SSSR count). The maximum atomic E-state index is 11.3. The Morgan fingerprint density at radius 1 is 1.50 bits per heavy atom. The number of carbonyl (C=O) groups excluding carboxylic acids is 1. The van der Waals surface area contributed by atoms with Crippen LogP contribution >= 0.6 is 0 Å². The maximum Gasteiger partial charge on any atom is 0.223 e. The Bertz CT molecular complexity index is 186. The van der Waals surface area contributed by atoms with E-state index in [1.54, 1.807) is 26.1 Å². The highest BCUT2D eigenvalue weighted by molar-refractivity contribution is 5.75. The second kappa shape index (κ2) is 9.57. The summed E-state index contributed by atoms with van der Waals surface area (Å²) in [5, 5.41) is 3.31. The van der Waals surface area contributed by atoms with E-state index in [1.165, 1.54) is 0 Å². The number of nitrogens with one attached hydrogen (secondary N) is 1. The third-order valence-electron chi connectivity index (χ3n) is 2.40. The Hall–Kier alpha value is -0.650. The van der Waals surface area contributed by atoms with E-state index in [4.69, 9.17) is 10.5 Å². The number of hydrogen-bond acceptors (Lipinski definition) is 4. The van der Waals surface area contributed by atoms with Crippen LogP contribution in [-0.4, -0.2) is 57.8 Å². The van der Waals surface area contributed by atoms with Crippen molar-refractivity contribution < 1.29 is 9.53 Å². The third kappa shape index (κ3) is 7.62. The molecule has 0 saturated carbocycles. The first-order valence-corrected chi connectivity index (χ1v) is 5.74. The fourth-order valence-electron chi connectivity index (χ4n) is 1.42. The molecule has 96 valence electrons. The summed E-state index contributed by atoms with van der Waals surface area (Å²) in [6.45, 7) is 2.05. The second-order valence-electron chi connectivity index (χ2n) is 4.08. The molecule has 0 heterocycles. The van der Waals surface area contributed by atoms with Crippen molar-refractivity contribution in [3.63, 3.8) is 0 Å². The van der Waals surface area contributed by atoms with Gasteiger partial charge >= 0.3 is 0 Å². The molecule has 1 atom stereocenters. The van der Waals surface area contributed by atoms with Crippen LogP contribution in [0.4, 0.5) is 0 Å².